The number of ether oxygens (including phenoxy) is 3. The van der Waals surface area contributed by atoms with E-state index in [9.17, 15) is 9.59 Å². The molecule has 10 heteroatoms. The van der Waals surface area contributed by atoms with Crippen LogP contribution in [0.15, 0.2) is 0 Å². The van der Waals surface area contributed by atoms with E-state index >= 15 is 0 Å². The summed E-state index contributed by atoms with van der Waals surface area (Å²) in [4.78, 5) is 36.0. The van der Waals surface area contributed by atoms with Gasteiger partial charge in [-0.15, -0.1) is 0 Å². The molecule has 298 valence electrons. The number of hydrogen-bond acceptors (Lipinski definition) is 8. The van der Waals surface area contributed by atoms with Gasteiger partial charge >= 0.3 is 0 Å². The van der Waals surface area contributed by atoms with Gasteiger partial charge in [-0.3, -0.25) is 14.5 Å². The molecule has 0 aromatic rings. The SMILES string of the molecule is CCC(C)C1CCN(C(=O)COCCOCCCN2CCN(C(C)C)CC2)CC1.CCN1CCC(COCC(=O)N2CCC(C(C)C)CC2)CC1. The second-order valence-corrected chi connectivity index (χ2v) is 16.4. The third-order valence-electron chi connectivity index (χ3n) is 12.4. The number of carbonyl (C=O) groups is 2. The highest BCUT2D eigenvalue weighted by Gasteiger charge is 2.27. The van der Waals surface area contributed by atoms with Crippen LogP contribution in [0.2, 0.25) is 0 Å². The Balaban J connectivity index is 0.000000286. The summed E-state index contributed by atoms with van der Waals surface area (Å²) in [5.41, 5.74) is 0. The molecule has 4 rings (SSSR count). The zero-order valence-electron chi connectivity index (χ0n) is 34.1. The fraction of sp³-hybridized carbons (Fsp3) is 0.951. The molecule has 51 heavy (non-hydrogen) atoms. The molecule has 4 aliphatic rings. The Morgan fingerprint density at radius 3 is 1.69 bits per heavy atom. The van der Waals surface area contributed by atoms with Gasteiger partial charge in [-0.05, 0) is 108 Å². The minimum absolute atomic E-state index is 0.133. The van der Waals surface area contributed by atoms with Crippen molar-refractivity contribution in [1.82, 2.24) is 24.5 Å². The summed E-state index contributed by atoms with van der Waals surface area (Å²) >= 11 is 0. The highest BCUT2D eigenvalue weighted by atomic mass is 16.5. The van der Waals surface area contributed by atoms with Crippen LogP contribution in [0.3, 0.4) is 0 Å². The van der Waals surface area contributed by atoms with E-state index in [0.717, 1.165) is 121 Å². The van der Waals surface area contributed by atoms with Crippen LogP contribution in [0.1, 0.15) is 99.8 Å². The van der Waals surface area contributed by atoms with Crippen molar-refractivity contribution in [3.05, 3.63) is 0 Å². The molecular formula is C41H79N5O5. The normalized spacial score (nSPS) is 21.7. The minimum atomic E-state index is 0.133. The Bertz CT molecular complexity index is 921. The van der Waals surface area contributed by atoms with E-state index in [1.54, 1.807) is 0 Å². The van der Waals surface area contributed by atoms with Gasteiger partial charge in [0.25, 0.3) is 0 Å². The summed E-state index contributed by atoms with van der Waals surface area (Å²) in [5, 5.41) is 0. The van der Waals surface area contributed by atoms with Crippen LogP contribution >= 0.6 is 0 Å². The maximum absolute atomic E-state index is 12.3. The van der Waals surface area contributed by atoms with Gasteiger partial charge in [-0.25, -0.2) is 0 Å². The molecule has 0 bridgehead atoms. The van der Waals surface area contributed by atoms with Gasteiger partial charge in [0.15, 0.2) is 0 Å². The summed E-state index contributed by atoms with van der Waals surface area (Å²) < 4.78 is 16.9. The van der Waals surface area contributed by atoms with Gasteiger partial charge in [-0.1, -0.05) is 41.0 Å². The summed E-state index contributed by atoms with van der Waals surface area (Å²) in [7, 11) is 0. The van der Waals surface area contributed by atoms with Crippen molar-refractivity contribution in [2.75, 3.05) is 118 Å². The zero-order chi connectivity index (χ0) is 37.0. The summed E-state index contributed by atoms with van der Waals surface area (Å²) in [6.07, 6.45) is 9.29. The Hall–Kier alpha value is -1.30. The van der Waals surface area contributed by atoms with Crippen molar-refractivity contribution < 1.29 is 23.8 Å². The number of hydrogen-bond donors (Lipinski definition) is 0. The highest BCUT2D eigenvalue weighted by molar-refractivity contribution is 5.77. The largest absolute Gasteiger partial charge is 0.379 e. The van der Waals surface area contributed by atoms with Gasteiger partial charge in [-0.2, -0.15) is 0 Å². The maximum atomic E-state index is 12.3. The first-order valence-electron chi connectivity index (χ1n) is 21.1. The monoisotopic (exact) mass is 722 g/mol. The van der Waals surface area contributed by atoms with E-state index < -0.39 is 0 Å². The molecule has 0 spiro atoms. The molecule has 0 aromatic heterocycles. The van der Waals surface area contributed by atoms with Crippen molar-refractivity contribution in [2.45, 2.75) is 106 Å². The van der Waals surface area contributed by atoms with E-state index in [-0.39, 0.29) is 25.0 Å². The third kappa shape index (κ3) is 16.7. The lowest BCUT2D eigenvalue weighted by atomic mass is 9.84. The van der Waals surface area contributed by atoms with Crippen LogP contribution in [-0.2, 0) is 23.8 Å². The van der Waals surface area contributed by atoms with Gasteiger partial charge in [0.05, 0.1) is 19.8 Å². The molecule has 0 radical (unpaired) electrons. The average molecular weight is 722 g/mol. The van der Waals surface area contributed by atoms with Crippen molar-refractivity contribution >= 4 is 11.8 Å². The van der Waals surface area contributed by atoms with Crippen LogP contribution in [-0.4, -0.2) is 161 Å². The Kier molecular flexibility index (Phi) is 21.5. The zero-order valence-corrected chi connectivity index (χ0v) is 34.1. The van der Waals surface area contributed by atoms with Gasteiger partial charge in [0, 0.05) is 71.6 Å². The smallest absolute Gasteiger partial charge is 0.248 e. The summed E-state index contributed by atoms with van der Waals surface area (Å²) in [5.74, 6) is 4.03. The Morgan fingerprint density at radius 2 is 1.16 bits per heavy atom. The van der Waals surface area contributed by atoms with Crippen LogP contribution < -0.4 is 0 Å². The quantitative estimate of drug-likeness (QED) is 0.176. The molecule has 2 amide bonds. The van der Waals surface area contributed by atoms with Crippen molar-refractivity contribution in [3.63, 3.8) is 0 Å². The van der Waals surface area contributed by atoms with E-state index in [0.29, 0.717) is 25.2 Å². The average Bonchev–Trinajstić information content (AvgIpc) is 3.16. The lowest BCUT2D eigenvalue weighted by Crippen LogP contribution is -2.49. The molecule has 4 aliphatic heterocycles. The van der Waals surface area contributed by atoms with E-state index in [4.69, 9.17) is 14.2 Å². The van der Waals surface area contributed by atoms with Gasteiger partial charge < -0.3 is 33.8 Å². The molecule has 0 saturated carbocycles. The van der Waals surface area contributed by atoms with Crippen LogP contribution in [0.25, 0.3) is 0 Å². The molecule has 1 atom stereocenters. The van der Waals surface area contributed by atoms with Gasteiger partial charge in [0.1, 0.15) is 13.2 Å². The third-order valence-corrected chi connectivity index (χ3v) is 12.4. The molecule has 0 aliphatic carbocycles. The number of amides is 2. The second kappa shape index (κ2) is 24.9. The van der Waals surface area contributed by atoms with E-state index in [1.165, 1.54) is 45.4 Å². The van der Waals surface area contributed by atoms with E-state index in [1.807, 2.05) is 9.80 Å². The van der Waals surface area contributed by atoms with Crippen LogP contribution in [0.4, 0.5) is 0 Å². The maximum Gasteiger partial charge on any atom is 0.248 e. The van der Waals surface area contributed by atoms with Crippen LogP contribution in [0, 0.1) is 29.6 Å². The van der Waals surface area contributed by atoms with Crippen molar-refractivity contribution in [3.8, 4) is 0 Å². The minimum Gasteiger partial charge on any atom is -0.379 e. The predicted molar refractivity (Wildman–Crippen MR) is 208 cm³/mol. The number of piperidine rings is 3. The number of carbonyl (C=O) groups excluding carboxylic acids is 2. The first-order chi connectivity index (χ1) is 24.6. The number of likely N-dealkylation sites (tertiary alicyclic amines) is 3. The fourth-order valence-electron chi connectivity index (χ4n) is 8.10. The molecule has 4 fully saturated rings. The number of rotatable bonds is 18. The summed E-state index contributed by atoms with van der Waals surface area (Å²) in [6, 6.07) is 0.656. The number of piperazine rings is 1. The number of nitrogens with zero attached hydrogens (tertiary/aromatic N) is 5. The summed E-state index contributed by atoms with van der Waals surface area (Å²) in [6.45, 7) is 31.9. The van der Waals surface area contributed by atoms with Crippen LogP contribution in [0.5, 0.6) is 0 Å². The first kappa shape index (κ1) is 44.1. The lowest BCUT2D eigenvalue weighted by Gasteiger charge is -2.36. The van der Waals surface area contributed by atoms with Crippen molar-refractivity contribution in [2.24, 2.45) is 29.6 Å². The molecule has 10 nitrogen and oxygen atoms in total. The highest BCUT2D eigenvalue weighted by Crippen LogP contribution is 2.27. The molecule has 1 unspecified atom stereocenters. The van der Waals surface area contributed by atoms with E-state index in [2.05, 4.69) is 63.2 Å². The molecular weight excluding hydrogens is 642 g/mol. The Labute approximate surface area is 313 Å². The van der Waals surface area contributed by atoms with Gasteiger partial charge in [0.2, 0.25) is 11.8 Å². The standard InChI is InChI=1S/C23H45N3O3.C18H34N2O2/c1-5-21(4)22-7-10-26(11-8-22)23(27)19-29-18-17-28-16-6-9-24-12-14-25(15-13-24)20(2)3;1-4-19-9-5-16(6-10-19)13-22-14-18(21)20-11-7-17(8-12-20)15(2)3/h20-22H,5-19H2,1-4H3;15-17H,4-14H2,1-3H3. The Morgan fingerprint density at radius 1 is 0.608 bits per heavy atom. The molecule has 0 N–H and O–H groups in total. The lowest BCUT2D eigenvalue weighted by molar-refractivity contribution is -0.139. The van der Waals surface area contributed by atoms with Crippen molar-refractivity contribution in [1.29, 1.82) is 0 Å². The first-order valence-corrected chi connectivity index (χ1v) is 21.1. The molecule has 4 saturated heterocycles. The fourth-order valence-corrected chi connectivity index (χ4v) is 8.10. The predicted octanol–water partition coefficient (Wildman–Crippen LogP) is 5.35. The second-order valence-electron chi connectivity index (χ2n) is 16.4. The molecule has 4 heterocycles. The molecule has 0 aromatic carbocycles. The topological polar surface area (TPSA) is 78.0 Å².